The molecule has 2 aromatic heterocycles. The topological polar surface area (TPSA) is 91.0 Å². The van der Waals surface area contributed by atoms with Crippen LogP contribution in [0.3, 0.4) is 0 Å². The fraction of sp³-hybridized carbons (Fsp3) is 0.125. The van der Waals surface area contributed by atoms with Crippen LogP contribution < -0.4 is 10.6 Å². The molecule has 4 aromatic rings. The molecule has 0 aliphatic carbocycles. The van der Waals surface area contributed by atoms with Gasteiger partial charge >= 0.3 is 0 Å². The van der Waals surface area contributed by atoms with Gasteiger partial charge < -0.3 is 15.1 Å². The Kier molecular flexibility index (Phi) is 5.63. The van der Waals surface area contributed by atoms with E-state index in [2.05, 4.69) is 21.7 Å². The van der Waals surface area contributed by atoms with Crippen LogP contribution in [0.1, 0.15) is 32.8 Å². The summed E-state index contributed by atoms with van der Waals surface area (Å²) in [7, 11) is 0. The lowest BCUT2D eigenvalue weighted by Gasteiger charge is -2.13. The Morgan fingerprint density at radius 3 is 2.84 bits per heavy atom. The van der Waals surface area contributed by atoms with Gasteiger partial charge in [-0.1, -0.05) is 12.1 Å². The maximum atomic E-state index is 14.0. The summed E-state index contributed by atoms with van der Waals surface area (Å²) in [5, 5.41) is 16.1. The first-order chi connectivity index (χ1) is 15.0. The van der Waals surface area contributed by atoms with E-state index >= 15 is 0 Å². The number of hydrogen-bond acceptors (Lipinski definition) is 5. The molecule has 2 N–H and O–H groups in total. The fourth-order valence-corrected chi connectivity index (χ4v) is 3.41. The van der Waals surface area contributed by atoms with E-state index in [0.29, 0.717) is 52.1 Å². The molecule has 0 unspecified atom stereocenters. The summed E-state index contributed by atoms with van der Waals surface area (Å²) in [5.74, 6) is 0.0606. The summed E-state index contributed by atoms with van der Waals surface area (Å²) in [4.78, 5) is 16.7. The second-order valence-electron chi connectivity index (χ2n) is 7.09. The summed E-state index contributed by atoms with van der Waals surface area (Å²) in [6.07, 6.45) is 3.04. The smallest absolute Gasteiger partial charge is 0.251 e. The van der Waals surface area contributed by atoms with Crippen molar-refractivity contribution >= 4 is 22.5 Å². The Morgan fingerprint density at radius 1 is 1.19 bits per heavy atom. The molecule has 31 heavy (non-hydrogen) atoms. The van der Waals surface area contributed by atoms with Crippen molar-refractivity contribution in [2.75, 3.05) is 5.32 Å². The molecule has 6 nitrogen and oxygen atoms in total. The highest BCUT2D eigenvalue weighted by atomic mass is 19.1. The van der Waals surface area contributed by atoms with Crippen LogP contribution in [0.15, 0.2) is 65.4 Å². The number of pyridine rings is 1. The zero-order chi connectivity index (χ0) is 21.8. The highest BCUT2D eigenvalue weighted by Crippen LogP contribution is 2.29. The lowest BCUT2D eigenvalue weighted by Crippen LogP contribution is -2.22. The van der Waals surface area contributed by atoms with Crippen LogP contribution in [-0.4, -0.2) is 10.9 Å². The van der Waals surface area contributed by atoms with Crippen molar-refractivity contribution in [3.05, 3.63) is 94.8 Å². The van der Waals surface area contributed by atoms with Gasteiger partial charge in [-0.2, -0.15) is 5.26 Å². The Hall–Kier alpha value is -4.18. The fourth-order valence-electron chi connectivity index (χ4n) is 3.41. The third kappa shape index (κ3) is 4.38. The molecular weight excluding hydrogens is 395 g/mol. The van der Waals surface area contributed by atoms with Crippen LogP contribution >= 0.6 is 0 Å². The van der Waals surface area contributed by atoms with Gasteiger partial charge in [0.15, 0.2) is 0 Å². The number of anilines is 1. The average Bonchev–Trinajstić information content (AvgIpc) is 3.29. The van der Waals surface area contributed by atoms with Gasteiger partial charge in [-0.15, -0.1) is 0 Å². The summed E-state index contributed by atoms with van der Waals surface area (Å²) >= 11 is 0. The number of halogens is 1. The maximum absolute atomic E-state index is 14.0. The highest BCUT2D eigenvalue weighted by molar-refractivity contribution is 5.96. The number of furan rings is 1. The van der Waals surface area contributed by atoms with Crippen LogP contribution in [-0.2, 0) is 13.1 Å². The van der Waals surface area contributed by atoms with Crippen LogP contribution in [0, 0.1) is 24.1 Å². The molecule has 2 heterocycles. The first-order valence-electron chi connectivity index (χ1n) is 9.67. The predicted octanol–water partition coefficient (Wildman–Crippen LogP) is 4.69. The van der Waals surface area contributed by atoms with E-state index < -0.39 is 0 Å². The first-order valence-corrected chi connectivity index (χ1v) is 9.67. The zero-order valence-corrected chi connectivity index (χ0v) is 16.8. The number of aromatic nitrogens is 1. The van der Waals surface area contributed by atoms with Crippen molar-refractivity contribution in [2.24, 2.45) is 0 Å². The standard InChI is InChI=1S/C24H19FN4O2/c1-15-8-19(25)10-21-22(15)28-13-18(11-26)23(21)27-12-16-4-2-5-17(9-16)24(30)29-14-20-6-3-7-31-20/h2-10,13H,12,14H2,1H3,(H,27,28)(H,29,30). The van der Waals surface area contributed by atoms with Gasteiger partial charge in [0.1, 0.15) is 17.6 Å². The molecule has 4 rings (SSSR count). The molecule has 154 valence electrons. The molecular formula is C24H19FN4O2. The molecule has 0 radical (unpaired) electrons. The number of nitrogens with zero attached hydrogens (tertiary/aromatic N) is 2. The van der Waals surface area contributed by atoms with Crippen LogP contribution in [0.25, 0.3) is 10.9 Å². The molecule has 1 amide bonds. The SMILES string of the molecule is Cc1cc(F)cc2c(NCc3cccc(C(=O)NCc4ccco4)c3)c(C#N)cnc12. The molecule has 7 heteroatoms. The molecule has 0 aliphatic rings. The van der Waals surface area contributed by atoms with Gasteiger partial charge in [-0.05, 0) is 54.4 Å². The molecule has 0 atom stereocenters. The van der Waals surface area contributed by atoms with Crippen molar-refractivity contribution in [3.63, 3.8) is 0 Å². The Labute approximate surface area is 178 Å². The van der Waals surface area contributed by atoms with E-state index in [4.69, 9.17) is 4.42 Å². The third-order valence-corrected chi connectivity index (χ3v) is 4.91. The van der Waals surface area contributed by atoms with Gasteiger partial charge in [0.05, 0.1) is 29.6 Å². The van der Waals surface area contributed by atoms with Gasteiger partial charge in [-0.3, -0.25) is 9.78 Å². The van der Waals surface area contributed by atoms with Gasteiger partial charge in [0.25, 0.3) is 5.91 Å². The summed E-state index contributed by atoms with van der Waals surface area (Å²) in [5.41, 5.74) is 3.51. The van der Waals surface area contributed by atoms with Crippen molar-refractivity contribution < 1.29 is 13.6 Å². The zero-order valence-electron chi connectivity index (χ0n) is 16.8. The quantitative estimate of drug-likeness (QED) is 0.478. The second kappa shape index (κ2) is 8.67. The Balaban J connectivity index is 1.54. The van der Waals surface area contributed by atoms with E-state index in [1.54, 1.807) is 43.5 Å². The number of benzene rings is 2. The van der Waals surface area contributed by atoms with Gasteiger partial charge in [-0.25, -0.2) is 4.39 Å². The molecule has 2 aromatic carbocycles. The number of nitriles is 1. The molecule has 0 fully saturated rings. The molecule has 0 spiro atoms. The second-order valence-corrected chi connectivity index (χ2v) is 7.09. The largest absolute Gasteiger partial charge is 0.467 e. The number of fused-ring (bicyclic) bond motifs is 1. The molecule has 0 saturated carbocycles. The minimum atomic E-state index is -0.389. The van der Waals surface area contributed by atoms with Crippen LogP contribution in [0.2, 0.25) is 0 Å². The number of carbonyl (C=O) groups excluding carboxylic acids is 1. The molecule has 0 aliphatic heterocycles. The number of amides is 1. The third-order valence-electron chi connectivity index (χ3n) is 4.91. The van der Waals surface area contributed by atoms with Crippen molar-refractivity contribution in [3.8, 4) is 6.07 Å². The summed E-state index contributed by atoms with van der Waals surface area (Å²) < 4.78 is 19.2. The van der Waals surface area contributed by atoms with Crippen molar-refractivity contribution in [1.82, 2.24) is 10.3 Å². The number of nitrogens with one attached hydrogen (secondary N) is 2. The van der Waals surface area contributed by atoms with E-state index in [9.17, 15) is 14.4 Å². The van der Waals surface area contributed by atoms with Crippen molar-refractivity contribution in [2.45, 2.75) is 20.0 Å². The number of aryl methyl sites for hydroxylation is 1. The monoisotopic (exact) mass is 414 g/mol. The van der Waals surface area contributed by atoms with Gasteiger partial charge in [0.2, 0.25) is 0 Å². The Bertz CT molecular complexity index is 1290. The number of carbonyl (C=O) groups is 1. The van der Waals surface area contributed by atoms with E-state index in [1.165, 1.54) is 18.3 Å². The first kappa shape index (κ1) is 20.1. The van der Waals surface area contributed by atoms with Crippen LogP contribution in [0.5, 0.6) is 0 Å². The highest BCUT2D eigenvalue weighted by Gasteiger charge is 2.13. The molecule has 0 saturated heterocycles. The minimum Gasteiger partial charge on any atom is -0.467 e. The van der Waals surface area contributed by atoms with Crippen molar-refractivity contribution in [1.29, 1.82) is 5.26 Å². The summed E-state index contributed by atoms with van der Waals surface area (Å²) in [6.45, 7) is 2.43. The number of rotatable bonds is 6. The maximum Gasteiger partial charge on any atom is 0.251 e. The van der Waals surface area contributed by atoms with Crippen LogP contribution in [0.4, 0.5) is 10.1 Å². The number of hydrogen-bond donors (Lipinski definition) is 2. The summed E-state index contributed by atoms with van der Waals surface area (Å²) in [6, 6.07) is 15.6. The van der Waals surface area contributed by atoms with Gasteiger partial charge in [0, 0.05) is 23.7 Å². The average molecular weight is 414 g/mol. The predicted molar refractivity (Wildman–Crippen MR) is 115 cm³/mol. The van der Waals surface area contributed by atoms with E-state index in [0.717, 1.165) is 5.56 Å². The van der Waals surface area contributed by atoms with E-state index in [-0.39, 0.29) is 11.7 Å². The Morgan fingerprint density at radius 2 is 2.06 bits per heavy atom. The molecule has 0 bridgehead atoms. The minimum absolute atomic E-state index is 0.219. The normalized spacial score (nSPS) is 10.6. The lowest BCUT2D eigenvalue weighted by atomic mass is 10.1. The van der Waals surface area contributed by atoms with E-state index in [1.807, 2.05) is 6.07 Å². The lowest BCUT2D eigenvalue weighted by molar-refractivity contribution is 0.0948.